The number of nitrogens with zero attached hydrogens (tertiary/aromatic N) is 2. The van der Waals surface area contributed by atoms with E-state index < -0.39 is 30.3 Å². The van der Waals surface area contributed by atoms with Crippen LogP contribution in [0.2, 0.25) is 0 Å². The van der Waals surface area contributed by atoms with Crippen molar-refractivity contribution < 1.29 is 27.8 Å². The Morgan fingerprint density at radius 3 is 2.75 bits per heavy atom. The Kier molecular flexibility index (Phi) is 5.53. The lowest BCUT2D eigenvalue weighted by molar-refractivity contribution is -0.154. The summed E-state index contributed by atoms with van der Waals surface area (Å²) in [5.74, 6) is -1.87. The van der Waals surface area contributed by atoms with E-state index in [2.05, 4.69) is 20.0 Å². The highest BCUT2D eigenvalue weighted by Gasteiger charge is 2.29. The zero-order valence-electron chi connectivity index (χ0n) is 10.7. The average Bonchev–Trinajstić information content (AvgIpc) is 2.36. The Balaban J connectivity index is 2.88. The Morgan fingerprint density at radius 2 is 2.20 bits per heavy atom. The minimum absolute atomic E-state index is 0.00676. The third kappa shape index (κ3) is 5.29. The van der Waals surface area contributed by atoms with Gasteiger partial charge in [-0.15, -0.1) is 0 Å². The minimum atomic E-state index is -4.54. The smallest absolute Gasteiger partial charge is 0.422 e. The number of hydrogen-bond acceptors (Lipinski definition) is 5. The van der Waals surface area contributed by atoms with Gasteiger partial charge < -0.3 is 15.2 Å². The molecule has 0 unspecified atom stereocenters. The highest BCUT2D eigenvalue weighted by atomic mass is 19.4. The molecular weight excluding hydrogens is 279 g/mol. The molecule has 0 spiro atoms. The maximum Gasteiger partial charge on any atom is 0.422 e. The van der Waals surface area contributed by atoms with Gasteiger partial charge in [-0.1, -0.05) is 13.3 Å². The second kappa shape index (κ2) is 6.92. The second-order valence-electron chi connectivity index (χ2n) is 3.90. The van der Waals surface area contributed by atoms with Crippen molar-refractivity contribution in [3.63, 3.8) is 0 Å². The number of carbonyl (C=O) groups is 1. The normalized spacial score (nSPS) is 11.2. The summed E-state index contributed by atoms with van der Waals surface area (Å²) in [6.45, 7) is 0.856. The molecule has 0 atom stereocenters. The van der Waals surface area contributed by atoms with Gasteiger partial charge in [0.05, 0.1) is 6.20 Å². The fourth-order valence-electron chi connectivity index (χ4n) is 1.23. The number of nitrogens with one attached hydrogen (secondary N) is 1. The van der Waals surface area contributed by atoms with E-state index >= 15 is 0 Å². The molecule has 0 aliphatic rings. The molecular formula is C11H14F3N3O3. The van der Waals surface area contributed by atoms with Crippen LogP contribution in [-0.2, 0) is 0 Å². The van der Waals surface area contributed by atoms with E-state index in [0.717, 1.165) is 19.0 Å². The molecule has 0 bridgehead atoms. The Hall–Kier alpha value is -2.06. The van der Waals surface area contributed by atoms with E-state index in [1.54, 1.807) is 0 Å². The summed E-state index contributed by atoms with van der Waals surface area (Å²) in [5, 5.41) is 11.5. The molecule has 1 rings (SSSR count). The van der Waals surface area contributed by atoms with Gasteiger partial charge >= 0.3 is 12.1 Å². The zero-order chi connectivity index (χ0) is 15.2. The summed E-state index contributed by atoms with van der Waals surface area (Å²) in [4.78, 5) is 18.0. The van der Waals surface area contributed by atoms with Gasteiger partial charge in [-0.25, -0.2) is 14.8 Å². The van der Waals surface area contributed by atoms with Crippen LogP contribution in [0.1, 0.15) is 30.3 Å². The molecule has 1 heterocycles. The molecule has 0 aliphatic heterocycles. The van der Waals surface area contributed by atoms with Gasteiger partial charge in [-0.05, 0) is 6.42 Å². The first-order chi connectivity index (χ1) is 9.33. The number of aromatic carboxylic acids is 1. The molecule has 0 saturated carbocycles. The number of alkyl halides is 3. The number of ether oxygens (including phenoxy) is 1. The molecule has 0 radical (unpaired) electrons. The van der Waals surface area contributed by atoms with E-state index in [4.69, 9.17) is 5.11 Å². The Bertz CT molecular complexity index is 466. The lowest BCUT2D eigenvalue weighted by Gasteiger charge is -2.12. The second-order valence-corrected chi connectivity index (χ2v) is 3.90. The van der Waals surface area contributed by atoms with Crippen LogP contribution in [0.3, 0.4) is 0 Å². The lowest BCUT2D eigenvalue weighted by atomic mass is 10.3. The molecule has 0 aromatic carbocycles. The van der Waals surface area contributed by atoms with Gasteiger partial charge in [0, 0.05) is 6.54 Å². The summed E-state index contributed by atoms with van der Waals surface area (Å²) in [6.07, 6.45) is -1.92. The summed E-state index contributed by atoms with van der Waals surface area (Å²) in [7, 11) is 0. The molecule has 0 amide bonds. The van der Waals surface area contributed by atoms with Crippen molar-refractivity contribution in [1.82, 2.24) is 9.97 Å². The fraction of sp³-hybridized carbons (Fsp3) is 0.545. The van der Waals surface area contributed by atoms with Gasteiger partial charge in [-0.2, -0.15) is 13.2 Å². The van der Waals surface area contributed by atoms with E-state index in [-0.39, 0.29) is 5.82 Å². The largest absolute Gasteiger partial charge is 0.476 e. The van der Waals surface area contributed by atoms with Gasteiger partial charge in [0.1, 0.15) is 0 Å². The number of anilines is 1. The van der Waals surface area contributed by atoms with Crippen LogP contribution in [0.15, 0.2) is 6.20 Å². The number of hydrogen-bond donors (Lipinski definition) is 2. The predicted molar refractivity (Wildman–Crippen MR) is 63.9 cm³/mol. The molecule has 1 aromatic heterocycles. The summed E-state index contributed by atoms with van der Waals surface area (Å²) >= 11 is 0. The number of rotatable bonds is 7. The van der Waals surface area contributed by atoms with Crippen LogP contribution < -0.4 is 10.1 Å². The van der Waals surface area contributed by atoms with Crippen molar-refractivity contribution >= 4 is 11.8 Å². The third-order valence-corrected chi connectivity index (χ3v) is 2.15. The number of aromatic nitrogens is 2. The fourth-order valence-corrected chi connectivity index (χ4v) is 1.23. The van der Waals surface area contributed by atoms with Crippen molar-refractivity contribution in [3.05, 3.63) is 11.9 Å². The predicted octanol–water partition coefficient (Wildman–Crippen LogP) is 2.33. The molecule has 112 valence electrons. The molecule has 9 heteroatoms. The van der Waals surface area contributed by atoms with Gasteiger partial charge in [0.2, 0.25) is 0 Å². The first kappa shape index (κ1) is 16.0. The van der Waals surface area contributed by atoms with Crippen LogP contribution in [0.4, 0.5) is 19.0 Å². The van der Waals surface area contributed by atoms with E-state index in [1.807, 2.05) is 6.92 Å². The highest BCUT2D eigenvalue weighted by molar-refractivity contribution is 5.85. The van der Waals surface area contributed by atoms with Crippen LogP contribution in [0.25, 0.3) is 0 Å². The van der Waals surface area contributed by atoms with Crippen LogP contribution in [0, 0.1) is 0 Å². The van der Waals surface area contributed by atoms with Gasteiger partial charge in [0.25, 0.3) is 5.88 Å². The van der Waals surface area contributed by atoms with Crippen molar-refractivity contribution in [2.45, 2.75) is 25.9 Å². The van der Waals surface area contributed by atoms with Crippen molar-refractivity contribution in [3.8, 4) is 5.88 Å². The van der Waals surface area contributed by atoms with Crippen LogP contribution >= 0.6 is 0 Å². The zero-order valence-corrected chi connectivity index (χ0v) is 10.7. The van der Waals surface area contributed by atoms with Crippen LogP contribution in [0.5, 0.6) is 5.88 Å². The summed E-state index contributed by atoms with van der Waals surface area (Å²) < 4.78 is 40.9. The summed E-state index contributed by atoms with van der Waals surface area (Å²) in [5.41, 5.74) is -0.483. The van der Waals surface area contributed by atoms with Crippen molar-refractivity contribution in [2.75, 3.05) is 18.5 Å². The van der Waals surface area contributed by atoms with E-state index in [9.17, 15) is 18.0 Å². The van der Waals surface area contributed by atoms with Crippen LogP contribution in [-0.4, -0.2) is 40.4 Å². The summed E-state index contributed by atoms with van der Waals surface area (Å²) in [6, 6.07) is 0. The molecule has 0 aliphatic carbocycles. The minimum Gasteiger partial charge on any atom is -0.476 e. The van der Waals surface area contributed by atoms with Crippen molar-refractivity contribution in [1.29, 1.82) is 0 Å². The first-order valence-corrected chi connectivity index (χ1v) is 5.87. The third-order valence-electron chi connectivity index (χ3n) is 2.15. The van der Waals surface area contributed by atoms with Gasteiger partial charge in [0.15, 0.2) is 18.1 Å². The standard InChI is InChI=1S/C11H14F3N3O3/c1-2-3-4-15-8-9(20-6-11(12,13)14)17-7(5-16-8)10(18)19/h5H,2-4,6H2,1H3,(H,15,16)(H,18,19). The lowest BCUT2D eigenvalue weighted by Crippen LogP contribution is -2.21. The number of carboxylic acid groups (broad SMARTS) is 1. The average molecular weight is 293 g/mol. The molecule has 1 aromatic rings. The monoisotopic (exact) mass is 293 g/mol. The van der Waals surface area contributed by atoms with Crippen molar-refractivity contribution in [2.24, 2.45) is 0 Å². The maximum atomic E-state index is 12.1. The molecule has 6 nitrogen and oxygen atoms in total. The SMILES string of the molecule is CCCCNc1ncc(C(=O)O)nc1OCC(F)(F)F. The molecule has 20 heavy (non-hydrogen) atoms. The molecule has 0 saturated heterocycles. The van der Waals surface area contributed by atoms with Gasteiger partial charge in [-0.3, -0.25) is 0 Å². The Labute approximate surface area is 113 Å². The molecule has 0 fully saturated rings. The maximum absolute atomic E-state index is 12.1. The topological polar surface area (TPSA) is 84.3 Å². The highest BCUT2D eigenvalue weighted by Crippen LogP contribution is 2.23. The number of halogens is 3. The molecule has 2 N–H and O–H groups in total. The first-order valence-electron chi connectivity index (χ1n) is 5.87. The van der Waals surface area contributed by atoms with E-state index in [1.165, 1.54) is 0 Å². The number of unbranched alkanes of at least 4 members (excludes halogenated alkanes) is 1. The quantitative estimate of drug-likeness (QED) is 0.751. The van der Waals surface area contributed by atoms with E-state index in [0.29, 0.717) is 6.54 Å². The number of carboxylic acids is 1. The Morgan fingerprint density at radius 1 is 1.50 bits per heavy atom.